The molecule has 0 spiro atoms. The molecule has 4 aromatic heterocycles. The number of rotatable bonds is 6. The third-order valence-corrected chi connectivity index (χ3v) is 5.99. The van der Waals surface area contributed by atoms with Crippen molar-refractivity contribution in [2.24, 2.45) is 0 Å². The van der Waals surface area contributed by atoms with Crippen molar-refractivity contribution in [2.45, 2.75) is 40.8 Å². The Hall–Kier alpha value is -4.20. The first-order valence-corrected chi connectivity index (χ1v) is 11.2. The number of nitrogens with one attached hydrogen (secondary N) is 1. The van der Waals surface area contributed by atoms with Gasteiger partial charge in [0.1, 0.15) is 12.3 Å². The number of carbonyl (C=O) groups is 1. The number of fused-ring (bicyclic) bond motifs is 1. The molecule has 1 amide bonds. The van der Waals surface area contributed by atoms with E-state index in [-0.39, 0.29) is 12.5 Å². The van der Waals surface area contributed by atoms with Gasteiger partial charge in [-0.05, 0) is 51.5 Å². The summed E-state index contributed by atoms with van der Waals surface area (Å²) in [5.74, 6) is 0.558. The molecule has 0 radical (unpaired) electrons. The standard InChI is InChI=1S/C26H26N6O2/c1-16-7-9-20(10-8-16)14-31-19(4)25(18(3)30-31)28-23(33)15-32-26-24(17(2)29-32)21(11-12-27-26)22-6-5-13-34-22/h5-13H,14-15H2,1-4H3,(H,28,33). The molecule has 0 saturated heterocycles. The van der Waals surface area contributed by atoms with Crippen molar-refractivity contribution in [3.8, 4) is 11.3 Å². The zero-order valence-electron chi connectivity index (χ0n) is 19.7. The predicted molar refractivity (Wildman–Crippen MR) is 131 cm³/mol. The SMILES string of the molecule is Cc1ccc(Cn2nc(C)c(NC(=O)Cn3nc(C)c4c(-c5ccco5)ccnc43)c2C)cc1. The molecule has 0 bridgehead atoms. The van der Waals surface area contributed by atoms with Gasteiger partial charge < -0.3 is 9.73 Å². The van der Waals surface area contributed by atoms with E-state index >= 15 is 0 Å². The number of carbonyl (C=O) groups excluding carboxylic acids is 1. The normalized spacial score (nSPS) is 11.3. The van der Waals surface area contributed by atoms with Crippen LogP contribution in [0.2, 0.25) is 0 Å². The summed E-state index contributed by atoms with van der Waals surface area (Å²) in [6.45, 7) is 8.53. The predicted octanol–water partition coefficient (Wildman–Crippen LogP) is 4.81. The first kappa shape index (κ1) is 21.6. The highest BCUT2D eigenvalue weighted by Gasteiger charge is 2.19. The van der Waals surface area contributed by atoms with E-state index in [4.69, 9.17) is 4.42 Å². The summed E-state index contributed by atoms with van der Waals surface area (Å²) in [4.78, 5) is 17.5. The summed E-state index contributed by atoms with van der Waals surface area (Å²) in [5, 5.41) is 13.1. The molecule has 0 unspecified atom stereocenters. The number of furan rings is 1. The van der Waals surface area contributed by atoms with Gasteiger partial charge >= 0.3 is 0 Å². The number of anilines is 1. The zero-order valence-corrected chi connectivity index (χ0v) is 19.7. The molecule has 8 heteroatoms. The molecule has 34 heavy (non-hydrogen) atoms. The first-order chi connectivity index (χ1) is 16.4. The van der Waals surface area contributed by atoms with E-state index in [2.05, 4.69) is 51.7 Å². The molecule has 8 nitrogen and oxygen atoms in total. The second kappa shape index (κ2) is 8.62. The highest BCUT2D eigenvalue weighted by Crippen LogP contribution is 2.30. The first-order valence-electron chi connectivity index (χ1n) is 11.2. The lowest BCUT2D eigenvalue weighted by atomic mass is 10.1. The molecular formula is C26H26N6O2. The Morgan fingerprint density at radius 1 is 0.971 bits per heavy atom. The zero-order chi connectivity index (χ0) is 23.8. The molecule has 0 aliphatic rings. The average Bonchev–Trinajstić information content (AvgIpc) is 3.52. The van der Waals surface area contributed by atoms with Gasteiger partial charge in [-0.15, -0.1) is 0 Å². The number of pyridine rings is 1. The molecule has 172 valence electrons. The minimum atomic E-state index is -0.185. The number of amides is 1. The van der Waals surface area contributed by atoms with E-state index in [1.54, 1.807) is 17.1 Å². The summed E-state index contributed by atoms with van der Waals surface area (Å²) in [7, 11) is 0. The molecule has 0 aliphatic heterocycles. The minimum absolute atomic E-state index is 0.0426. The summed E-state index contributed by atoms with van der Waals surface area (Å²) in [5.41, 5.74) is 7.13. The van der Waals surface area contributed by atoms with Crippen molar-refractivity contribution in [1.82, 2.24) is 24.5 Å². The molecular weight excluding hydrogens is 428 g/mol. The van der Waals surface area contributed by atoms with E-state index in [1.165, 1.54) is 5.56 Å². The van der Waals surface area contributed by atoms with Crippen LogP contribution in [0.25, 0.3) is 22.4 Å². The Morgan fingerprint density at radius 3 is 2.47 bits per heavy atom. The quantitative estimate of drug-likeness (QED) is 0.398. The fourth-order valence-electron chi connectivity index (χ4n) is 4.24. The maximum Gasteiger partial charge on any atom is 0.246 e. The molecule has 0 saturated carbocycles. The summed E-state index contributed by atoms with van der Waals surface area (Å²) in [6, 6.07) is 14.0. The van der Waals surface area contributed by atoms with Crippen molar-refractivity contribution < 1.29 is 9.21 Å². The van der Waals surface area contributed by atoms with Gasteiger partial charge in [0.05, 0.1) is 41.0 Å². The second-order valence-corrected chi connectivity index (χ2v) is 8.51. The minimum Gasteiger partial charge on any atom is -0.464 e. The largest absolute Gasteiger partial charge is 0.464 e. The highest BCUT2D eigenvalue weighted by molar-refractivity contribution is 5.95. The lowest BCUT2D eigenvalue weighted by Gasteiger charge is -2.08. The van der Waals surface area contributed by atoms with Crippen LogP contribution in [0.4, 0.5) is 5.69 Å². The summed E-state index contributed by atoms with van der Waals surface area (Å²) < 4.78 is 9.13. The Balaban J connectivity index is 1.37. The van der Waals surface area contributed by atoms with Crippen LogP contribution in [0.5, 0.6) is 0 Å². The molecule has 4 heterocycles. The Labute approximate surface area is 197 Å². The number of aromatic nitrogens is 5. The number of hydrogen-bond acceptors (Lipinski definition) is 5. The highest BCUT2D eigenvalue weighted by atomic mass is 16.3. The van der Waals surface area contributed by atoms with Crippen molar-refractivity contribution in [3.05, 3.63) is 83.1 Å². The van der Waals surface area contributed by atoms with Gasteiger partial charge in [-0.3, -0.25) is 9.48 Å². The average molecular weight is 455 g/mol. The summed E-state index contributed by atoms with van der Waals surface area (Å²) in [6.07, 6.45) is 3.34. The number of nitrogens with zero attached hydrogens (tertiary/aromatic N) is 5. The van der Waals surface area contributed by atoms with Crippen LogP contribution in [-0.2, 0) is 17.9 Å². The maximum absolute atomic E-state index is 13.0. The van der Waals surface area contributed by atoms with Crippen LogP contribution >= 0.6 is 0 Å². The van der Waals surface area contributed by atoms with Crippen LogP contribution in [0.15, 0.2) is 59.3 Å². The topological polar surface area (TPSA) is 90.8 Å². The van der Waals surface area contributed by atoms with Crippen molar-refractivity contribution in [1.29, 1.82) is 0 Å². The van der Waals surface area contributed by atoms with Gasteiger partial charge in [0.2, 0.25) is 5.91 Å². The fraction of sp³-hybridized carbons (Fsp3) is 0.231. The van der Waals surface area contributed by atoms with Gasteiger partial charge in [0, 0.05) is 11.8 Å². The van der Waals surface area contributed by atoms with E-state index in [0.29, 0.717) is 12.2 Å². The third-order valence-electron chi connectivity index (χ3n) is 5.99. The Bertz CT molecular complexity index is 1480. The Kier molecular flexibility index (Phi) is 5.49. The second-order valence-electron chi connectivity index (χ2n) is 8.51. The lowest BCUT2D eigenvalue weighted by molar-refractivity contribution is -0.116. The molecule has 0 atom stereocenters. The van der Waals surface area contributed by atoms with Gasteiger partial charge in [-0.2, -0.15) is 10.2 Å². The smallest absolute Gasteiger partial charge is 0.246 e. The van der Waals surface area contributed by atoms with Crippen LogP contribution in [0.3, 0.4) is 0 Å². The molecule has 0 aliphatic carbocycles. The fourth-order valence-corrected chi connectivity index (χ4v) is 4.24. The van der Waals surface area contributed by atoms with Crippen LogP contribution < -0.4 is 5.32 Å². The van der Waals surface area contributed by atoms with E-state index in [0.717, 1.165) is 45.0 Å². The van der Waals surface area contributed by atoms with Crippen LogP contribution in [0.1, 0.15) is 28.2 Å². The van der Waals surface area contributed by atoms with Gasteiger partial charge in [0.25, 0.3) is 0 Å². The maximum atomic E-state index is 13.0. The van der Waals surface area contributed by atoms with E-state index in [1.807, 2.05) is 43.7 Å². The molecule has 0 fully saturated rings. The van der Waals surface area contributed by atoms with E-state index < -0.39 is 0 Å². The van der Waals surface area contributed by atoms with Crippen LogP contribution in [0, 0.1) is 27.7 Å². The van der Waals surface area contributed by atoms with E-state index in [9.17, 15) is 4.79 Å². The van der Waals surface area contributed by atoms with Crippen molar-refractivity contribution >= 4 is 22.6 Å². The summed E-state index contributed by atoms with van der Waals surface area (Å²) >= 11 is 0. The van der Waals surface area contributed by atoms with Gasteiger partial charge in [0.15, 0.2) is 5.65 Å². The van der Waals surface area contributed by atoms with Gasteiger partial charge in [-0.1, -0.05) is 29.8 Å². The number of hydrogen-bond donors (Lipinski definition) is 1. The third kappa shape index (κ3) is 3.98. The molecule has 5 aromatic rings. The van der Waals surface area contributed by atoms with Crippen molar-refractivity contribution in [2.75, 3.05) is 5.32 Å². The van der Waals surface area contributed by atoms with Crippen molar-refractivity contribution in [3.63, 3.8) is 0 Å². The van der Waals surface area contributed by atoms with Crippen LogP contribution in [-0.4, -0.2) is 30.5 Å². The molecule has 5 rings (SSSR count). The Morgan fingerprint density at radius 2 is 1.74 bits per heavy atom. The monoisotopic (exact) mass is 454 g/mol. The molecule has 1 N–H and O–H groups in total. The molecule has 1 aromatic carbocycles. The lowest BCUT2D eigenvalue weighted by Crippen LogP contribution is -2.20. The van der Waals surface area contributed by atoms with Gasteiger partial charge in [-0.25, -0.2) is 9.67 Å². The number of benzene rings is 1. The number of aryl methyl sites for hydroxylation is 3.